The number of ether oxygens (including phenoxy) is 1. The van der Waals surface area contributed by atoms with E-state index in [0.717, 1.165) is 32.1 Å². The minimum absolute atomic E-state index is 0.197. The van der Waals surface area contributed by atoms with E-state index in [-0.39, 0.29) is 29.5 Å². The van der Waals surface area contributed by atoms with Gasteiger partial charge in [-0.1, -0.05) is 13.0 Å². The van der Waals surface area contributed by atoms with Crippen molar-refractivity contribution in [3.63, 3.8) is 0 Å². The van der Waals surface area contributed by atoms with Gasteiger partial charge in [0.2, 0.25) is 15.9 Å². The van der Waals surface area contributed by atoms with Crippen LogP contribution in [0.3, 0.4) is 0 Å². The summed E-state index contributed by atoms with van der Waals surface area (Å²) in [5.74, 6) is 0.445. The van der Waals surface area contributed by atoms with Gasteiger partial charge in [0, 0.05) is 19.1 Å². The maximum atomic E-state index is 13.0. The molecule has 3 rings (SSSR count). The zero-order valence-corrected chi connectivity index (χ0v) is 16.4. The van der Waals surface area contributed by atoms with Gasteiger partial charge in [0.25, 0.3) is 0 Å². The standard InChI is InChI=1S/C20H28N2O4S/c1-2-20(23)21-16-7-5-6-14-22(15-16)27(24,25)19-12-10-18(11-13-19)26-17-8-3-4-9-17/h2,10-13,16-17H,1,3-9,14-15H2,(H,21,23). The van der Waals surface area contributed by atoms with Crippen LogP contribution in [0.2, 0.25) is 0 Å². The SMILES string of the molecule is C=CC(=O)NC1CCCCN(S(=O)(=O)c2ccc(OC3CCCC3)cc2)C1. The molecule has 0 radical (unpaired) electrons. The van der Waals surface area contributed by atoms with E-state index in [1.54, 1.807) is 24.3 Å². The Labute approximate surface area is 161 Å². The Morgan fingerprint density at radius 1 is 1.11 bits per heavy atom. The van der Waals surface area contributed by atoms with E-state index in [1.807, 2.05) is 0 Å². The summed E-state index contributed by atoms with van der Waals surface area (Å²) in [5, 5.41) is 2.83. The Kier molecular flexibility index (Phi) is 6.55. The second-order valence-corrected chi connectivity index (χ2v) is 9.20. The van der Waals surface area contributed by atoms with Crippen molar-refractivity contribution in [1.29, 1.82) is 0 Å². The quantitative estimate of drug-likeness (QED) is 0.756. The number of rotatable bonds is 6. The van der Waals surface area contributed by atoms with Crippen molar-refractivity contribution >= 4 is 15.9 Å². The highest BCUT2D eigenvalue weighted by Crippen LogP contribution is 2.26. The molecule has 1 aromatic rings. The van der Waals surface area contributed by atoms with Gasteiger partial charge in [-0.2, -0.15) is 4.31 Å². The fourth-order valence-electron chi connectivity index (χ4n) is 3.74. The Hall–Kier alpha value is -1.86. The second-order valence-electron chi connectivity index (χ2n) is 7.26. The summed E-state index contributed by atoms with van der Waals surface area (Å²) < 4.78 is 33.5. The van der Waals surface area contributed by atoms with Gasteiger partial charge in [-0.05, 0) is 68.9 Å². The van der Waals surface area contributed by atoms with E-state index in [9.17, 15) is 13.2 Å². The van der Waals surface area contributed by atoms with Crippen LogP contribution in [0, 0.1) is 0 Å². The average Bonchev–Trinajstić information content (AvgIpc) is 3.05. The molecule has 0 aromatic heterocycles. The van der Waals surface area contributed by atoms with E-state index in [0.29, 0.717) is 12.3 Å². The van der Waals surface area contributed by atoms with Crippen molar-refractivity contribution in [1.82, 2.24) is 9.62 Å². The van der Waals surface area contributed by atoms with Crippen molar-refractivity contribution in [3.05, 3.63) is 36.9 Å². The first kappa shape index (κ1) is 19.9. The van der Waals surface area contributed by atoms with Gasteiger partial charge in [0.05, 0.1) is 11.0 Å². The minimum atomic E-state index is -3.60. The van der Waals surface area contributed by atoms with Crippen molar-refractivity contribution < 1.29 is 17.9 Å². The molecule has 2 fully saturated rings. The summed E-state index contributed by atoms with van der Waals surface area (Å²) >= 11 is 0. The van der Waals surface area contributed by atoms with Crippen LogP contribution in [0.15, 0.2) is 41.8 Å². The summed E-state index contributed by atoms with van der Waals surface area (Å²) in [7, 11) is -3.60. The predicted octanol–water partition coefficient (Wildman–Crippen LogP) is 2.85. The summed E-state index contributed by atoms with van der Waals surface area (Å²) in [6.45, 7) is 4.20. The number of nitrogens with one attached hydrogen (secondary N) is 1. The first-order valence-corrected chi connectivity index (χ1v) is 11.1. The summed E-state index contributed by atoms with van der Waals surface area (Å²) in [5.41, 5.74) is 0. The molecule has 1 aliphatic heterocycles. The van der Waals surface area contributed by atoms with E-state index in [4.69, 9.17) is 4.74 Å². The Bertz CT molecular complexity index is 755. The van der Waals surface area contributed by atoms with Crippen molar-refractivity contribution in [3.8, 4) is 5.75 Å². The third kappa shape index (κ3) is 5.11. The lowest BCUT2D eigenvalue weighted by atomic mass is 10.1. The van der Waals surface area contributed by atoms with E-state index < -0.39 is 10.0 Å². The molecule has 7 heteroatoms. The van der Waals surface area contributed by atoms with E-state index >= 15 is 0 Å². The molecular formula is C20H28N2O4S. The molecule has 148 valence electrons. The topological polar surface area (TPSA) is 75.7 Å². The van der Waals surface area contributed by atoms with Crippen molar-refractivity contribution in [2.45, 2.75) is 62.0 Å². The van der Waals surface area contributed by atoms with Crippen molar-refractivity contribution in [2.75, 3.05) is 13.1 Å². The number of carbonyl (C=O) groups excluding carboxylic acids is 1. The molecule has 1 aromatic carbocycles. The lowest BCUT2D eigenvalue weighted by Crippen LogP contribution is -2.44. The molecule has 27 heavy (non-hydrogen) atoms. The van der Waals surface area contributed by atoms with Crippen LogP contribution < -0.4 is 10.1 Å². The van der Waals surface area contributed by atoms with Gasteiger partial charge in [-0.25, -0.2) is 8.42 Å². The Morgan fingerprint density at radius 3 is 2.44 bits per heavy atom. The predicted molar refractivity (Wildman–Crippen MR) is 104 cm³/mol. The average molecular weight is 393 g/mol. The lowest BCUT2D eigenvalue weighted by molar-refractivity contribution is -0.117. The highest BCUT2D eigenvalue weighted by Gasteiger charge is 2.29. The van der Waals surface area contributed by atoms with Crippen LogP contribution in [0.1, 0.15) is 44.9 Å². The van der Waals surface area contributed by atoms with E-state index in [1.165, 1.54) is 23.2 Å². The van der Waals surface area contributed by atoms with Crippen LogP contribution in [-0.4, -0.2) is 43.9 Å². The largest absolute Gasteiger partial charge is 0.490 e. The molecule has 0 bridgehead atoms. The van der Waals surface area contributed by atoms with Crippen LogP contribution in [0.5, 0.6) is 5.75 Å². The molecule has 1 heterocycles. The molecule has 1 atom stereocenters. The molecule has 1 aliphatic carbocycles. The summed E-state index contributed by atoms with van der Waals surface area (Å²) in [4.78, 5) is 11.8. The second kappa shape index (κ2) is 8.89. The molecule has 2 aliphatic rings. The van der Waals surface area contributed by atoms with Crippen LogP contribution in [0.4, 0.5) is 0 Å². The first-order valence-electron chi connectivity index (χ1n) is 9.69. The summed E-state index contributed by atoms with van der Waals surface area (Å²) in [6.07, 6.45) is 8.38. The zero-order valence-electron chi connectivity index (χ0n) is 15.6. The minimum Gasteiger partial charge on any atom is -0.490 e. The van der Waals surface area contributed by atoms with Gasteiger partial charge in [0.1, 0.15) is 5.75 Å². The van der Waals surface area contributed by atoms with Crippen LogP contribution in [0.25, 0.3) is 0 Å². The van der Waals surface area contributed by atoms with Gasteiger partial charge < -0.3 is 10.1 Å². The van der Waals surface area contributed by atoms with Crippen LogP contribution in [-0.2, 0) is 14.8 Å². The third-order valence-corrected chi connectivity index (χ3v) is 7.11. The number of amides is 1. The number of carbonyl (C=O) groups is 1. The van der Waals surface area contributed by atoms with Crippen molar-refractivity contribution in [2.24, 2.45) is 0 Å². The monoisotopic (exact) mass is 392 g/mol. The smallest absolute Gasteiger partial charge is 0.243 e. The fourth-order valence-corrected chi connectivity index (χ4v) is 5.27. The molecular weight excluding hydrogens is 364 g/mol. The fraction of sp³-hybridized carbons (Fsp3) is 0.550. The van der Waals surface area contributed by atoms with E-state index in [2.05, 4.69) is 11.9 Å². The highest BCUT2D eigenvalue weighted by molar-refractivity contribution is 7.89. The summed E-state index contributed by atoms with van der Waals surface area (Å²) in [6, 6.07) is 6.50. The Balaban J connectivity index is 1.69. The normalized spacial score (nSPS) is 22.1. The molecule has 1 saturated carbocycles. The van der Waals surface area contributed by atoms with Crippen LogP contribution >= 0.6 is 0 Å². The highest BCUT2D eigenvalue weighted by atomic mass is 32.2. The first-order chi connectivity index (χ1) is 13.0. The Morgan fingerprint density at radius 2 is 1.78 bits per heavy atom. The molecule has 0 spiro atoms. The third-order valence-electron chi connectivity index (χ3n) is 5.23. The zero-order chi connectivity index (χ0) is 19.3. The maximum Gasteiger partial charge on any atom is 0.243 e. The molecule has 1 saturated heterocycles. The van der Waals surface area contributed by atoms with Gasteiger partial charge in [-0.3, -0.25) is 4.79 Å². The molecule has 1 unspecified atom stereocenters. The van der Waals surface area contributed by atoms with Gasteiger partial charge >= 0.3 is 0 Å². The maximum absolute atomic E-state index is 13.0. The number of sulfonamides is 1. The van der Waals surface area contributed by atoms with Gasteiger partial charge in [-0.15, -0.1) is 0 Å². The molecule has 6 nitrogen and oxygen atoms in total. The molecule has 1 N–H and O–H groups in total. The van der Waals surface area contributed by atoms with Gasteiger partial charge in [0.15, 0.2) is 0 Å². The lowest BCUT2D eigenvalue weighted by Gasteiger charge is -2.24. The number of hydrogen-bond acceptors (Lipinski definition) is 4. The molecule has 1 amide bonds. The number of nitrogens with zero attached hydrogens (tertiary/aromatic N) is 1. The number of benzene rings is 1. The number of hydrogen-bond donors (Lipinski definition) is 1.